The van der Waals surface area contributed by atoms with E-state index in [0.29, 0.717) is 11.4 Å². The van der Waals surface area contributed by atoms with E-state index < -0.39 is 10.0 Å². The summed E-state index contributed by atoms with van der Waals surface area (Å²) in [5.74, 6) is 0.199. The fraction of sp³-hybridized carbons (Fsp3) is 0.286. The van der Waals surface area contributed by atoms with E-state index in [-0.39, 0.29) is 27.9 Å². The number of phenolic OH excluding ortho intramolecular Hbond substituents is 1. The van der Waals surface area contributed by atoms with E-state index >= 15 is 0 Å². The predicted molar refractivity (Wildman–Crippen MR) is 93.8 cm³/mol. The number of hydrogen-bond acceptors (Lipinski definition) is 6. The van der Waals surface area contributed by atoms with Crippen molar-refractivity contribution in [3.63, 3.8) is 0 Å². The molecule has 0 saturated heterocycles. The third-order valence-corrected chi connectivity index (χ3v) is 5.09. The van der Waals surface area contributed by atoms with Crippen molar-refractivity contribution < 1.29 is 13.5 Å². The van der Waals surface area contributed by atoms with Gasteiger partial charge in [-0.2, -0.15) is 4.98 Å². The van der Waals surface area contributed by atoms with Gasteiger partial charge in [-0.15, -0.1) is 0 Å². The minimum Gasteiger partial charge on any atom is -0.508 e. The summed E-state index contributed by atoms with van der Waals surface area (Å²) in [5, 5.41) is 13.0. The molecule has 0 bridgehead atoms. The van der Waals surface area contributed by atoms with Crippen LogP contribution in [0, 0.1) is 0 Å². The number of anilines is 3. The van der Waals surface area contributed by atoms with Gasteiger partial charge >= 0.3 is 0 Å². The van der Waals surface area contributed by atoms with Crippen LogP contribution in [0.5, 0.6) is 5.75 Å². The molecule has 1 aliphatic rings. The zero-order chi connectivity index (χ0) is 17.5. The fourth-order valence-corrected chi connectivity index (χ4v) is 3.86. The summed E-state index contributed by atoms with van der Waals surface area (Å²) in [5.41, 5.74) is 0.757. The van der Waals surface area contributed by atoms with Gasteiger partial charge in [0.25, 0.3) is 0 Å². The molecule has 0 atom stereocenters. The van der Waals surface area contributed by atoms with Crippen LogP contribution in [0.2, 0.25) is 10.3 Å². The van der Waals surface area contributed by atoms with Crippen molar-refractivity contribution in [1.82, 2.24) is 9.97 Å². The predicted octanol–water partition coefficient (Wildman–Crippen LogP) is 3.16. The molecule has 1 heterocycles. The number of aromatic hydroxyl groups is 1. The maximum absolute atomic E-state index is 12.2. The van der Waals surface area contributed by atoms with Gasteiger partial charge in [-0.25, -0.2) is 13.4 Å². The number of rotatable bonds is 5. The molecule has 0 radical (unpaired) electrons. The number of aromatic nitrogens is 2. The van der Waals surface area contributed by atoms with E-state index in [9.17, 15) is 13.5 Å². The summed E-state index contributed by atoms with van der Waals surface area (Å²) in [6.07, 6.45) is 4.01. The topological polar surface area (TPSA) is 95.4 Å². The van der Waals surface area contributed by atoms with Gasteiger partial charge < -0.3 is 10.4 Å². The van der Waals surface area contributed by atoms with E-state index in [2.05, 4.69) is 15.3 Å². The van der Waals surface area contributed by atoms with Gasteiger partial charge in [-0.05, 0) is 36.6 Å². The molecule has 0 unspecified atom stereocenters. The van der Waals surface area contributed by atoms with E-state index in [1.807, 2.05) is 0 Å². The van der Waals surface area contributed by atoms with Gasteiger partial charge in [-0.3, -0.25) is 4.31 Å². The van der Waals surface area contributed by atoms with Crippen molar-refractivity contribution in [2.45, 2.75) is 18.9 Å². The number of hydrogen-bond donors (Lipinski definition) is 2. The highest BCUT2D eigenvalue weighted by Gasteiger charge is 2.36. The van der Waals surface area contributed by atoms with Gasteiger partial charge in [-0.1, -0.05) is 11.6 Å². The maximum atomic E-state index is 12.2. The summed E-state index contributed by atoms with van der Waals surface area (Å²) < 4.78 is 25.7. The Kier molecular flexibility index (Phi) is 4.46. The van der Waals surface area contributed by atoms with Crippen LogP contribution in [0.25, 0.3) is 0 Å². The Morgan fingerprint density at radius 2 is 2.04 bits per heavy atom. The molecule has 10 heteroatoms. The second-order valence-electron chi connectivity index (χ2n) is 5.45. The van der Waals surface area contributed by atoms with Gasteiger partial charge in [0, 0.05) is 12.1 Å². The van der Waals surface area contributed by atoms with Gasteiger partial charge in [0.2, 0.25) is 15.3 Å². The monoisotopic (exact) mass is 388 g/mol. The van der Waals surface area contributed by atoms with Gasteiger partial charge in [0.05, 0.1) is 23.8 Å². The Hall–Kier alpha value is -1.77. The Balaban J connectivity index is 2.07. The lowest BCUT2D eigenvalue weighted by Gasteiger charge is -2.25. The highest BCUT2D eigenvalue weighted by atomic mass is 35.5. The van der Waals surface area contributed by atoms with Crippen molar-refractivity contribution in [2.75, 3.05) is 15.9 Å². The lowest BCUT2D eigenvalue weighted by Crippen LogP contribution is -2.32. The summed E-state index contributed by atoms with van der Waals surface area (Å²) in [7, 11) is -3.51. The van der Waals surface area contributed by atoms with Crippen LogP contribution in [0.15, 0.2) is 24.4 Å². The van der Waals surface area contributed by atoms with Crippen molar-refractivity contribution in [1.29, 1.82) is 0 Å². The first-order chi connectivity index (χ1) is 11.3. The smallest absolute Gasteiger partial charge is 0.232 e. The van der Waals surface area contributed by atoms with Crippen molar-refractivity contribution in [3.05, 3.63) is 34.7 Å². The molecule has 1 aromatic carbocycles. The zero-order valence-corrected chi connectivity index (χ0v) is 14.9. The zero-order valence-electron chi connectivity index (χ0n) is 12.6. The van der Waals surface area contributed by atoms with E-state index in [1.54, 1.807) is 6.07 Å². The molecule has 128 valence electrons. The highest BCUT2D eigenvalue weighted by Crippen LogP contribution is 2.40. The average Bonchev–Trinajstić information content (AvgIpc) is 3.29. The van der Waals surface area contributed by atoms with E-state index in [4.69, 9.17) is 23.2 Å². The van der Waals surface area contributed by atoms with E-state index in [0.717, 1.165) is 19.1 Å². The Labute approximate surface area is 149 Å². The maximum Gasteiger partial charge on any atom is 0.232 e. The molecule has 1 saturated carbocycles. The fourth-order valence-electron chi connectivity index (χ4n) is 2.32. The first-order valence-electron chi connectivity index (χ1n) is 7.03. The quantitative estimate of drug-likeness (QED) is 0.603. The molecule has 2 N–H and O–H groups in total. The molecule has 1 aromatic heterocycles. The number of phenols is 1. The first-order valence-corrected chi connectivity index (χ1v) is 9.63. The van der Waals surface area contributed by atoms with Crippen LogP contribution in [0.3, 0.4) is 0 Å². The minimum atomic E-state index is -3.51. The van der Waals surface area contributed by atoms with Gasteiger partial charge in [0.1, 0.15) is 10.8 Å². The third kappa shape index (κ3) is 3.66. The van der Waals surface area contributed by atoms with Crippen molar-refractivity contribution >= 4 is 50.4 Å². The van der Waals surface area contributed by atoms with Crippen LogP contribution in [-0.4, -0.2) is 35.8 Å². The third-order valence-electron chi connectivity index (χ3n) is 3.42. The van der Waals surface area contributed by atoms with Crippen LogP contribution in [-0.2, 0) is 10.0 Å². The van der Waals surface area contributed by atoms with Crippen LogP contribution in [0.1, 0.15) is 12.8 Å². The van der Waals surface area contributed by atoms with Crippen LogP contribution in [0.4, 0.5) is 17.2 Å². The summed E-state index contributed by atoms with van der Waals surface area (Å²) in [6, 6.07) is 4.26. The minimum absolute atomic E-state index is 0.00407. The number of halogens is 2. The van der Waals surface area contributed by atoms with Crippen LogP contribution >= 0.6 is 23.2 Å². The van der Waals surface area contributed by atoms with Crippen molar-refractivity contribution in [3.8, 4) is 5.75 Å². The molecule has 24 heavy (non-hydrogen) atoms. The molecule has 0 amide bonds. The van der Waals surface area contributed by atoms with E-state index in [1.165, 1.54) is 22.6 Å². The number of sulfonamides is 1. The molecule has 2 aromatic rings. The highest BCUT2D eigenvalue weighted by molar-refractivity contribution is 7.92. The Morgan fingerprint density at radius 3 is 2.67 bits per heavy atom. The molecule has 1 fully saturated rings. The number of nitrogens with one attached hydrogen (secondary N) is 1. The molecule has 7 nitrogen and oxygen atoms in total. The molecule has 1 aliphatic carbocycles. The first kappa shape index (κ1) is 17.1. The van der Waals surface area contributed by atoms with Crippen molar-refractivity contribution in [2.24, 2.45) is 0 Å². The standard InChI is InChI=1S/C14H14Cl2N4O3S/c1-24(22,23)20(8-2-3-8)12-6-9(21)4-5-11(12)18-13-10(15)7-17-14(16)19-13/h4-8,21H,2-3H2,1H3,(H,17,18,19). The second-order valence-corrected chi connectivity index (χ2v) is 8.06. The number of nitrogens with zero attached hydrogens (tertiary/aromatic N) is 3. The molecular weight excluding hydrogens is 375 g/mol. The Bertz CT molecular complexity index is 888. The second kappa shape index (κ2) is 6.27. The summed E-state index contributed by atoms with van der Waals surface area (Å²) in [4.78, 5) is 7.76. The molecule has 0 spiro atoms. The lowest BCUT2D eigenvalue weighted by atomic mass is 10.2. The van der Waals surface area contributed by atoms with Crippen LogP contribution < -0.4 is 9.62 Å². The normalized spacial score (nSPS) is 14.5. The number of benzene rings is 1. The average molecular weight is 389 g/mol. The SMILES string of the molecule is CS(=O)(=O)N(c1cc(O)ccc1Nc1nc(Cl)ncc1Cl)C1CC1. The largest absolute Gasteiger partial charge is 0.508 e. The molecular formula is C14H14Cl2N4O3S. The summed E-state index contributed by atoms with van der Waals surface area (Å²) >= 11 is 11.8. The Morgan fingerprint density at radius 1 is 1.33 bits per heavy atom. The lowest BCUT2D eigenvalue weighted by molar-refractivity contribution is 0.475. The molecule has 3 rings (SSSR count). The van der Waals surface area contributed by atoms with Gasteiger partial charge in [0.15, 0.2) is 5.82 Å². The molecule has 0 aliphatic heterocycles. The summed E-state index contributed by atoms with van der Waals surface area (Å²) in [6.45, 7) is 0.